The van der Waals surface area contributed by atoms with E-state index in [2.05, 4.69) is 25.8 Å². The number of amides is 1. The summed E-state index contributed by atoms with van der Waals surface area (Å²) in [6.45, 7) is 3.30. The molecule has 2 atom stereocenters. The zero-order chi connectivity index (χ0) is 20.3. The maximum atomic E-state index is 11.8. The Morgan fingerprint density at radius 1 is 1.21 bits per heavy atom. The minimum absolute atomic E-state index is 0.00829. The molecule has 9 nitrogen and oxygen atoms in total. The van der Waals surface area contributed by atoms with Crippen LogP contribution in [0.3, 0.4) is 0 Å². The molecule has 9 heteroatoms. The summed E-state index contributed by atoms with van der Waals surface area (Å²) in [4.78, 5) is 16.2. The number of pyridine rings is 1. The van der Waals surface area contributed by atoms with Crippen molar-refractivity contribution in [2.24, 2.45) is 11.5 Å². The molecule has 150 valence electrons. The van der Waals surface area contributed by atoms with Gasteiger partial charge in [0, 0.05) is 18.2 Å². The molecule has 1 aliphatic rings. The predicted molar refractivity (Wildman–Crippen MR) is 107 cm³/mol. The van der Waals surface area contributed by atoms with Crippen LogP contribution in [0.2, 0.25) is 0 Å². The minimum atomic E-state index is -1.09. The molecule has 0 spiro atoms. The zero-order valence-corrected chi connectivity index (χ0v) is 16.1. The van der Waals surface area contributed by atoms with Gasteiger partial charge in [-0.1, -0.05) is 18.9 Å². The van der Waals surface area contributed by atoms with Crippen molar-refractivity contribution in [1.82, 2.24) is 15.2 Å². The van der Waals surface area contributed by atoms with E-state index in [9.17, 15) is 9.90 Å². The van der Waals surface area contributed by atoms with Gasteiger partial charge in [-0.05, 0) is 38.8 Å². The predicted octanol–water partition coefficient (Wildman–Crippen LogP) is 1.62. The third-order valence-corrected chi connectivity index (χ3v) is 4.82. The molecular weight excluding hydrogens is 358 g/mol. The van der Waals surface area contributed by atoms with E-state index in [0.29, 0.717) is 23.0 Å². The number of nitrogens with one attached hydrogen (secondary N) is 2. The van der Waals surface area contributed by atoms with Crippen molar-refractivity contribution in [3.05, 3.63) is 35.7 Å². The van der Waals surface area contributed by atoms with Crippen LogP contribution in [0.4, 0.5) is 17.3 Å². The van der Waals surface area contributed by atoms with Crippen LogP contribution in [0.15, 0.2) is 24.3 Å². The minimum Gasteiger partial charge on any atom is -0.384 e. The first-order valence-corrected chi connectivity index (χ1v) is 9.40. The summed E-state index contributed by atoms with van der Waals surface area (Å²) in [5.74, 6) is 0.262. The Morgan fingerprint density at radius 2 is 1.96 bits per heavy atom. The molecule has 2 unspecified atom stereocenters. The van der Waals surface area contributed by atoms with Crippen molar-refractivity contribution in [2.75, 3.05) is 10.6 Å². The average molecular weight is 385 g/mol. The largest absolute Gasteiger partial charge is 0.384 e. The fourth-order valence-corrected chi connectivity index (χ4v) is 3.25. The van der Waals surface area contributed by atoms with Crippen LogP contribution in [-0.2, 0) is 5.60 Å². The summed E-state index contributed by atoms with van der Waals surface area (Å²) >= 11 is 0. The fourth-order valence-electron chi connectivity index (χ4n) is 3.25. The molecule has 3 rings (SSSR count). The zero-order valence-electron chi connectivity index (χ0n) is 16.1. The van der Waals surface area contributed by atoms with Crippen LogP contribution in [0.25, 0.3) is 0 Å². The van der Waals surface area contributed by atoms with Crippen molar-refractivity contribution in [2.45, 2.75) is 57.2 Å². The van der Waals surface area contributed by atoms with E-state index in [4.69, 9.17) is 11.5 Å². The average Bonchev–Trinajstić information content (AvgIpc) is 2.63. The molecule has 28 heavy (non-hydrogen) atoms. The third kappa shape index (κ3) is 4.73. The number of nitrogens with two attached hydrogens (primary N) is 2. The van der Waals surface area contributed by atoms with Crippen LogP contribution >= 0.6 is 0 Å². The van der Waals surface area contributed by atoms with Gasteiger partial charge in [0.25, 0.3) is 5.91 Å². The summed E-state index contributed by atoms with van der Waals surface area (Å²) in [6, 6.07) is 7.04. The van der Waals surface area contributed by atoms with Crippen molar-refractivity contribution >= 4 is 23.2 Å². The number of hydrogen-bond donors (Lipinski definition) is 5. The molecule has 0 saturated heterocycles. The van der Waals surface area contributed by atoms with Crippen LogP contribution in [0.5, 0.6) is 0 Å². The van der Waals surface area contributed by atoms with Gasteiger partial charge in [-0.3, -0.25) is 4.79 Å². The number of aliphatic hydroxyl groups is 1. The Kier molecular flexibility index (Phi) is 5.76. The highest BCUT2D eigenvalue weighted by atomic mass is 16.3. The number of anilines is 3. The number of rotatable bonds is 6. The van der Waals surface area contributed by atoms with Gasteiger partial charge < -0.3 is 27.2 Å². The molecule has 0 radical (unpaired) electrons. The lowest BCUT2D eigenvalue weighted by atomic mass is 9.91. The summed E-state index contributed by atoms with van der Waals surface area (Å²) < 4.78 is 0. The molecule has 1 fully saturated rings. The second-order valence-electron chi connectivity index (χ2n) is 7.65. The van der Waals surface area contributed by atoms with Gasteiger partial charge in [0.15, 0.2) is 11.5 Å². The van der Waals surface area contributed by atoms with Crippen LogP contribution in [-0.4, -0.2) is 38.3 Å². The standard InChI is InChI=1S/C19H27N7O2/c1-19(2,28)14-8-5-9-15(24-14)23-13-10-16(25-26-17(13)18(21)27)22-12-7-4-3-6-11(12)20/h5,8-12,28H,3-4,6-7,20H2,1-2H3,(H2,21,27)(H2,22,23,24,25). The molecule has 2 aromatic rings. The first kappa shape index (κ1) is 20.0. The van der Waals surface area contributed by atoms with E-state index in [1.54, 1.807) is 38.1 Å². The molecular formula is C19H27N7O2. The number of primary amides is 1. The number of carbonyl (C=O) groups is 1. The monoisotopic (exact) mass is 385 g/mol. The Balaban J connectivity index is 1.87. The molecule has 2 aromatic heterocycles. The molecule has 1 aliphatic carbocycles. The van der Waals surface area contributed by atoms with Crippen LogP contribution in [0, 0.1) is 0 Å². The van der Waals surface area contributed by atoms with Crippen molar-refractivity contribution < 1.29 is 9.90 Å². The first-order valence-electron chi connectivity index (χ1n) is 9.40. The maximum Gasteiger partial charge on any atom is 0.271 e. The van der Waals surface area contributed by atoms with Gasteiger partial charge in [0.05, 0.1) is 11.4 Å². The molecule has 1 amide bonds. The molecule has 2 heterocycles. The number of nitrogens with zero attached hydrogens (tertiary/aromatic N) is 3. The summed E-state index contributed by atoms with van der Waals surface area (Å²) in [5, 5.41) is 24.6. The Bertz CT molecular complexity index is 850. The van der Waals surface area contributed by atoms with Crippen molar-refractivity contribution in [1.29, 1.82) is 0 Å². The molecule has 7 N–H and O–H groups in total. The lowest BCUT2D eigenvalue weighted by Gasteiger charge is -2.29. The molecule has 0 bridgehead atoms. The van der Waals surface area contributed by atoms with Gasteiger partial charge >= 0.3 is 0 Å². The van der Waals surface area contributed by atoms with Gasteiger partial charge in [0.2, 0.25) is 0 Å². The third-order valence-electron chi connectivity index (χ3n) is 4.82. The first-order chi connectivity index (χ1) is 13.2. The summed E-state index contributed by atoms with van der Waals surface area (Å²) in [7, 11) is 0. The van der Waals surface area contributed by atoms with Gasteiger partial charge in [-0.15, -0.1) is 10.2 Å². The lowest BCUT2D eigenvalue weighted by molar-refractivity contribution is 0.0740. The topological polar surface area (TPSA) is 152 Å². The number of carbonyl (C=O) groups excluding carboxylic acids is 1. The van der Waals surface area contributed by atoms with Gasteiger partial charge in [0.1, 0.15) is 11.4 Å². The van der Waals surface area contributed by atoms with E-state index in [1.165, 1.54) is 0 Å². The normalized spacial score (nSPS) is 19.9. The maximum absolute atomic E-state index is 11.8. The Hall–Kier alpha value is -2.78. The summed E-state index contributed by atoms with van der Waals surface area (Å²) in [6.07, 6.45) is 4.15. The van der Waals surface area contributed by atoms with Crippen molar-refractivity contribution in [3.63, 3.8) is 0 Å². The van der Waals surface area contributed by atoms with Gasteiger partial charge in [-0.2, -0.15) is 0 Å². The highest BCUT2D eigenvalue weighted by Crippen LogP contribution is 2.25. The SMILES string of the molecule is CC(C)(O)c1cccc(Nc2cc(NC3CCCCC3N)nnc2C(N)=O)n1. The molecule has 0 aromatic carbocycles. The molecule has 1 saturated carbocycles. The van der Waals surface area contributed by atoms with E-state index in [1.807, 2.05) is 0 Å². The highest BCUT2D eigenvalue weighted by molar-refractivity contribution is 5.97. The van der Waals surface area contributed by atoms with Crippen LogP contribution < -0.4 is 22.1 Å². The fraction of sp³-hybridized carbons (Fsp3) is 0.474. The lowest BCUT2D eigenvalue weighted by Crippen LogP contribution is -2.42. The van der Waals surface area contributed by atoms with E-state index < -0.39 is 11.5 Å². The summed E-state index contributed by atoms with van der Waals surface area (Å²) in [5.41, 5.74) is 11.4. The Morgan fingerprint density at radius 3 is 2.64 bits per heavy atom. The molecule has 0 aliphatic heterocycles. The van der Waals surface area contributed by atoms with E-state index in [0.717, 1.165) is 25.7 Å². The second-order valence-corrected chi connectivity index (χ2v) is 7.65. The number of aromatic nitrogens is 3. The quantitative estimate of drug-likeness (QED) is 0.503. The number of hydrogen-bond acceptors (Lipinski definition) is 8. The second kappa shape index (κ2) is 8.07. The van der Waals surface area contributed by atoms with E-state index >= 15 is 0 Å². The smallest absolute Gasteiger partial charge is 0.271 e. The van der Waals surface area contributed by atoms with Gasteiger partial charge in [-0.25, -0.2) is 4.98 Å². The highest BCUT2D eigenvalue weighted by Gasteiger charge is 2.23. The van der Waals surface area contributed by atoms with Crippen molar-refractivity contribution in [3.8, 4) is 0 Å². The van der Waals surface area contributed by atoms with E-state index in [-0.39, 0.29) is 17.8 Å². The Labute approximate surface area is 163 Å². The van der Waals surface area contributed by atoms with Crippen LogP contribution in [0.1, 0.15) is 55.7 Å².